The van der Waals surface area contributed by atoms with Crippen LogP contribution in [0.1, 0.15) is 42.9 Å². The van der Waals surface area contributed by atoms with Crippen molar-refractivity contribution in [3.05, 3.63) is 75.8 Å². The number of pyridine rings is 2. The van der Waals surface area contributed by atoms with E-state index in [4.69, 9.17) is 0 Å². The van der Waals surface area contributed by atoms with Crippen molar-refractivity contribution in [1.82, 2.24) is 14.9 Å². The summed E-state index contributed by atoms with van der Waals surface area (Å²) in [6, 6.07) is 11.9. The zero-order valence-corrected chi connectivity index (χ0v) is 16.7. The number of fused-ring (bicyclic) bond motifs is 1. The molecule has 0 radical (unpaired) electrons. The number of H-pyrrole nitrogens is 1. The molecule has 0 saturated heterocycles. The summed E-state index contributed by atoms with van der Waals surface area (Å²) >= 11 is 0. The first kappa shape index (κ1) is 19.8. The van der Waals surface area contributed by atoms with Gasteiger partial charge in [0.15, 0.2) is 0 Å². The molecule has 146 valence electrons. The maximum Gasteiger partial charge on any atom is 0.251 e. The summed E-state index contributed by atoms with van der Waals surface area (Å²) in [4.78, 5) is 33.5. The summed E-state index contributed by atoms with van der Waals surface area (Å²) in [6.07, 6.45) is 5.07. The molecule has 0 saturated carbocycles. The van der Waals surface area contributed by atoms with Crippen LogP contribution in [-0.4, -0.2) is 34.4 Å². The fourth-order valence-electron chi connectivity index (χ4n) is 3.22. The SMILES string of the molecule is CC(C)c1ccc2[nH]c(=O)c(CCC(=O)N(C)CCc3ccncc3)cc2c1. The van der Waals surface area contributed by atoms with Crippen molar-refractivity contribution in [3.63, 3.8) is 0 Å². The molecule has 0 aliphatic carbocycles. The van der Waals surface area contributed by atoms with Gasteiger partial charge >= 0.3 is 0 Å². The summed E-state index contributed by atoms with van der Waals surface area (Å²) in [7, 11) is 1.81. The van der Waals surface area contributed by atoms with E-state index in [0.29, 0.717) is 30.9 Å². The van der Waals surface area contributed by atoms with Crippen molar-refractivity contribution in [2.45, 2.75) is 39.0 Å². The van der Waals surface area contributed by atoms with E-state index in [-0.39, 0.29) is 11.5 Å². The first-order valence-corrected chi connectivity index (χ1v) is 9.73. The number of likely N-dealkylation sites (N-methyl/N-ethyl adjacent to an activating group) is 1. The predicted molar refractivity (Wildman–Crippen MR) is 113 cm³/mol. The van der Waals surface area contributed by atoms with Crippen LogP contribution in [0.15, 0.2) is 53.6 Å². The Bertz CT molecular complexity index is 1010. The molecule has 2 heterocycles. The van der Waals surface area contributed by atoms with Gasteiger partial charge in [-0.3, -0.25) is 14.6 Å². The molecule has 0 aliphatic heterocycles. The van der Waals surface area contributed by atoms with Crippen molar-refractivity contribution < 1.29 is 4.79 Å². The van der Waals surface area contributed by atoms with Crippen LogP contribution >= 0.6 is 0 Å². The van der Waals surface area contributed by atoms with Gasteiger partial charge in [-0.2, -0.15) is 0 Å². The van der Waals surface area contributed by atoms with Crippen LogP contribution in [0.5, 0.6) is 0 Å². The number of aromatic amines is 1. The summed E-state index contributed by atoms with van der Waals surface area (Å²) in [5.41, 5.74) is 3.76. The first-order valence-electron chi connectivity index (χ1n) is 9.73. The lowest BCUT2D eigenvalue weighted by Crippen LogP contribution is -2.29. The van der Waals surface area contributed by atoms with E-state index in [1.54, 1.807) is 17.3 Å². The fourth-order valence-corrected chi connectivity index (χ4v) is 3.22. The minimum absolute atomic E-state index is 0.0458. The number of rotatable bonds is 7. The van der Waals surface area contributed by atoms with Gasteiger partial charge in [-0.05, 0) is 65.6 Å². The lowest BCUT2D eigenvalue weighted by molar-refractivity contribution is -0.129. The molecule has 1 amide bonds. The van der Waals surface area contributed by atoms with Crippen LogP contribution < -0.4 is 5.56 Å². The molecule has 0 aliphatic rings. The summed E-state index contributed by atoms with van der Waals surface area (Å²) in [6.45, 7) is 4.94. The molecule has 3 rings (SSSR count). The van der Waals surface area contributed by atoms with Gasteiger partial charge in [-0.15, -0.1) is 0 Å². The maximum atomic E-state index is 12.5. The lowest BCUT2D eigenvalue weighted by Gasteiger charge is -2.17. The number of nitrogens with one attached hydrogen (secondary N) is 1. The topological polar surface area (TPSA) is 66.1 Å². The largest absolute Gasteiger partial charge is 0.345 e. The number of hydrogen-bond acceptors (Lipinski definition) is 3. The second-order valence-corrected chi connectivity index (χ2v) is 7.55. The van der Waals surface area contributed by atoms with Crippen molar-refractivity contribution >= 4 is 16.8 Å². The van der Waals surface area contributed by atoms with E-state index in [9.17, 15) is 9.59 Å². The summed E-state index contributed by atoms with van der Waals surface area (Å²) in [5.74, 6) is 0.472. The van der Waals surface area contributed by atoms with E-state index in [0.717, 1.165) is 22.9 Å². The zero-order valence-electron chi connectivity index (χ0n) is 16.7. The third-order valence-electron chi connectivity index (χ3n) is 5.13. The zero-order chi connectivity index (χ0) is 20.1. The van der Waals surface area contributed by atoms with Crippen LogP contribution in [0.25, 0.3) is 10.9 Å². The molecule has 5 heteroatoms. The maximum absolute atomic E-state index is 12.5. The molecule has 2 aromatic heterocycles. The molecule has 0 spiro atoms. The minimum Gasteiger partial charge on any atom is -0.345 e. The van der Waals surface area contributed by atoms with E-state index >= 15 is 0 Å². The molecule has 3 aromatic rings. The number of carbonyl (C=O) groups is 1. The van der Waals surface area contributed by atoms with Gasteiger partial charge in [0.2, 0.25) is 5.91 Å². The number of benzene rings is 1. The van der Waals surface area contributed by atoms with Crippen LogP contribution in [-0.2, 0) is 17.6 Å². The Balaban J connectivity index is 1.64. The summed E-state index contributed by atoms with van der Waals surface area (Å²) < 4.78 is 0. The van der Waals surface area contributed by atoms with E-state index < -0.39 is 0 Å². The second kappa shape index (κ2) is 8.83. The molecule has 1 N–H and O–H groups in total. The third-order valence-corrected chi connectivity index (χ3v) is 5.13. The van der Waals surface area contributed by atoms with Crippen LogP contribution in [0.4, 0.5) is 0 Å². The van der Waals surface area contributed by atoms with Gasteiger partial charge in [-0.1, -0.05) is 19.9 Å². The average Bonchev–Trinajstić information content (AvgIpc) is 2.70. The highest BCUT2D eigenvalue weighted by Crippen LogP contribution is 2.20. The first-order chi connectivity index (χ1) is 13.4. The van der Waals surface area contributed by atoms with Gasteiger partial charge in [0.25, 0.3) is 5.56 Å². The van der Waals surface area contributed by atoms with Crippen LogP contribution in [0.3, 0.4) is 0 Å². The number of amides is 1. The Morgan fingerprint density at radius 2 is 1.86 bits per heavy atom. The molecular formula is C23H27N3O2. The smallest absolute Gasteiger partial charge is 0.251 e. The number of aryl methyl sites for hydroxylation is 1. The van der Waals surface area contributed by atoms with Gasteiger partial charge in [0.05, 0.1) is 0 Å². The van der Waals surface area contributed by atoms with Crippen molar-refractivity contribution in [2.24, 2.45) is 0 Å². The van der Waals surface area contributed by atoms with Gasteiger partial charge in [0.1, 0.15) is 0 Å². The Hall–Kier alpha value is -2.95. The molecule has 1 aromatic carbocycles. The standard InChI is InChI=1S/C23H27N3O2/c1-16(2)18-4-6-21-20(14-18)15-19(23(28)25-21)5-7-22(27)26(3)13-10-17-8-11-24-12-9-17/h4,6,8-9,11-12,14-16H,5,7,10,13H2,1-3H3,(H,25,28). The average molecular weight is 377 g/mol. The van der Waals surface area contributed by atoms with Gasteiger partial charge < -0.3 is 9.88 Å². The number of aromatic nitrogens is 2. The van der Waals surface area contributed by atoms with E-state index in [1.807, 2.05) is 37.4 Å². The Morgan fingerprint density at radius 1 is 1.11 bits per heavy atom. The van der Waals surface area contributed by atoms with E-state index in [2.05, 4.69) is 29.9 Å². The minimum atomic E-state index is -0.114. The van der Waals surface area contributed by atoms with Crippen LogP contribution in [0, 0.1) is 0 Å². The molecule has 0 atom stereocenters. The Morgan fingerprint density at radius 3 is 2.57 bits per heavy atom. The lowest BCUT2D eigenvalue weighted by atomic mass is 10.00. The van der Waals surface area contributed by atoms with Crippen LogP contribution in [0.2, 0.25) is 0 Å². The van der Waals surface area contributed by atoms with Crippen molar-refractivity contribution in [1.29, 1.82) is 0 Å². The molecule has 0 unspecified atom stereocenters. The Labute approximate surface area is 165 Å². The predicted octanol–water partition coefficient (Wildman–Crippen LogP) is 3.68. The van der Waals surface area contributed by atoms with Gasteiger partial charge in [0, 0.05) is 43.5 Å². The highest BCUT2D eigenvalue weighted by molar-refractivity contribution is 5.80. The molecule has 0 bridgehead atoms. The Kier molecular flexibility index (Phi) is 6.24. The second-order valence-electron chi connectivity index (χ2n) is 7.55. The highest BCUT2D eigenvalue weighted by Gasteiger charge is 2.11. The number of carbonyl (C=O) groups excluding carboxylic acids is 1. The fraction of sp³-hybridized carbons (Fsp3) is 0.348. The summed E-state index contributed by atoms with van der Waals surface area (Å²) in [5, 5.41) is 1.01. The molecular weight excluding hydrogens is 350 g/mol. The quantitative estimate of drug-likeness (QED) is 0.683. The molecule has 28 heavy (non-hydrogen) atoms. The number of nitrogens with zero attached hydrogens (tertiary/aromatic N) is 2. The van der Waals surface area contributed by atoms with Gasteiger partial charge in [-0.25, -0.2) is 0 Å². The number of hydrogen-bond donors (Lipinski definition) is 1. The van der Waals surface area contributed by atoms with Crippen molar-refractivity contribution in [2.75, 3.05) is 13.6 Å². The normalized spacial score (nSPS) is 11.1. The monoisotopic (exact) mass is 377 g/mol. The van der Waals surface area contributed by atoms with Crippen molar-refractivity contribution in [3.8, 4) is 0 Å². The molecule has 5 nitrogen and oxygen atoms in total. The molecule has 0 fully saturated rings. The third kappa shape index (κ3) is 4.85. The highest BCUT2D eigenvalue weighted by atomic mass is 16.2. The van der Waals surface area contributed by atoms with E-state index in [1.165, 1.54) is 5.56 Å².